The van der Waals surface area contributed by atoms with Crippen molar-refractivity contribution in [1.29, 1.82) is 0 Å². The Hall–Kier alpha value is -0.900. The molecule has 2 N–H and O–H groups in total. The van der Waals surface area contributed by atoms with Crippen molar-refractivity contribution in [2.45, 2.75) is 44.6 Å². The van der Waals surface area contributed by atoms with E-state index in [9.17, 15) is 14.7 Å². The summed E-state index contributed by atoms with van der Waals surface area (Å²) < 4.78 is 0. The van der Waals surface area contributed by atoms with Crippen LogP contribution in [0.4, 0.5) is 0 Å². The lowest BCUT2D eigenvalue weighted by molar-refractivity contribution is -0.165. The van der Waals surface area contributed by atoms with Crippen molar-refractivity contribution >= 4 is 11.8 Å². The minimum absolute atomic E-state index is 0.195. The molecule has 1 aliphatic rings. The van der Waals surface area contributed by atoms with Crippen molar-refractivity contribution in [3.05, 3.63) is 0 Å². The molecule has 4 heteroatoms. The van der Waals surface area contributed by atoms with E-state index in [-0.39, 0.29) is 12.3 Å². The van der Waals surface area contributed by atoms with Crippen LogP contribution in [0.1, 0.15) is 39.0 Å². The van der Waals surface area contributed by atoms with Gasteiger partial charge in [-0.2, -0.15) is 0 Å². The van der Waals surface area contributed by atoms with Gasteiger partial charge in [0, 0.05) is 0 Å². The normalized spacial score (nSPS) is 32.6. The Morgan fingerprint density at radius 2 is 2.07 bits per heavy atom. The summed E-state index contributed by atoms with van der Waals surface area (Å²) in [6, 6.07) is 0. The molecule has 0 aromatic carbocycles. The quantitative estimate of drug-likeness (QED) is 0.666. The fraction of sp³-hybridized carbons (Fsp3) is 0.800. The zero-order valence-corrected chi connectivity index (χ0v) is 8.32. The van der Waals surface area contributed by atoms with Gasteiger partial charge in [0.05, 0.1) is 0 Å². The molecule has 1 aliphatic carbocycles. The van der Waals surface area contributed by atoms with Crippen LogP contribution in [0, 0.1) is 5.92 Å². The van der Waals surface area contributed by atoms with Crippen LogP contribution in [0.15, 0.2) is 0 Å². The maximum atomic E-state index is 11.3. The zero-order chi connectivity index (χ0) is 10.8. The van der Waals surface area contributed by atoms with Crippen molar-refractivity contribution < 1.29 is 19.8 Å². The molecular weight excluding hydrogens is 184 g/mol. The third-order valence-electron chi connectivity index (χ3n) is 3.12. The van der Waals surface area contributed by atoms with E-state index in [2.05, 4.69) is 0 Å². The zero-order valence-electron chi connectivity index (χ0n) is 8.32. The van der Waals surface area contributed by atoms with E-state index in [4.69, 9.17) is 5.11 Å². The van der Waals surface area contributed by atoms with Crippen LogP contribution < -0.4 is 0 Å². The number of carboxylic acids is 1. The molecule has 0 unspecified atom stereocenters. The predicted octanol–water partition coefficient (Wildman–Crippen LogP) is 0.971. The molecule has 0 radical (unpaired) electrons. The van der Waals surface area contributed by atoms with E-state index < -0.39 is 17.4 Å². The van der Waals surface area contributed by atoms with E-state index in [1.165, 1.54) is 0 Å². The maximum absolute atomic E-state index is 11.3. The first-order valence-electron chi connectivity index (χ1n) is 5.02. The molecule has 1 fully saturated rings. The maximum Gasteiger partial charge on any atom is 0.375 e. The number of rotatable bonds is 3. The molecule has 1 saturated carbocycles. The van der Waals surface area contributed by atoms with Crippen LogP contribution in [0.5, 0.6) is 0 Å². The van der Waals surface area contributed by atoms with Crippen molar-refractivity contribution in [2.24, 2.45) is 5.92 Å². The van der Waals surface area contributed by atoms with Gasteiger partial charge >= 0.3 is 5.97 Å². The third-order valence-corrected chi connectivity index (χ3v) is 3.12. The molecule has 0 bridgehead atoms. The van der Waals surface area contributed by atoms with Gasteiger partial charge in [-0.1, -0.05) is 26.2 Å². The highest BCUT2D eigenvalue weighted by atomic mass is 16.4. The molecule has 80 valence electrons. The summed E-state index contributed by atoms with van der Waals surface area (Å²) in [5, 5.41) is 18.6. The topological polar surface area (TPSA) is 74.6 Å². The van der Waals surface area contributed by atoms with Gasteiger partial charge in [0.25, 0.3) is 5.78 Å². The predicted molar refractivity (Wildman–Crippen MR) is 49.8 cm³/mol. The van der Waals surface area contributed by atoms with E-state index in [0.717, 1.165) is 19.3 Å². The Labute approximate surface area is 82.9 Å². The second-order valence-electron chi connectivity index (χ2n) is 3.91. The van der Waals surface area contributed by atoms with E-state index in [0.29, 0.717) is 6.42 Å². The van der Waals surface area contributed by atoms with Crippen LogP contribution in [0.2, 0.25) is 0 Å². The number of aliphatic hydroxyl groups is 1. The van der Waals surface area contributed by atoms with Gasteiger partial charge in [0.1, 0.15) is 5.60 Å². The van der Waals surface area contributed by atoms with E-state index in [1.54, 1.807) is 0 Å². The molecule has 14 heavy (non-hydrogen) atoms. The average molecular weight is 200 g/mol. The molecule has 0 aromatic rings. The summed E-state index contributed by atoms with van der Waals surface area (Å²) in [7, 11) is 0. The van der Waals surface area contributed by atoms with Crippen molar-refractivity contribution in [2.75, 3.05) is 0 Å². The van der Waals surface area contributed by atoms with Gasteiger partial charge in [0.2, 0.25) is 0 Å². The Morgan fingerprint density at radius 1 is 1.43 bits per heavy atom. The molecule has 0 aliphatic heterocycles. The van der Waals surface area contributed by atoms with Crippen LogP contribution in [0.3, 0.4) is 0 Å². The van der Waals surface area contributed by atoms with E-state index >= 15 is 0 Å². The molecule has 0 heterocycles. The third kappa shape index (κ3) is 1.80. The number of ketones is 1. The smallest absolute Gasteiger partial charge is 0.375 e. The minimum Gasteiger partial charge on any atom is -0.475 e. The number of hydrogen-bond donors (Lipinski definition) is 2. The van der Waals surface area contributed by atoms with Crippen molar-refractivity contribution in [1.82, 2.24) is 0 Å². The monoisotopic (exact) mass is 200 g/mol. The molecule has 1 rings (SSSR count). The lowest BCUT2D eigenvalue weighted by Crippen LogP contribution is -2.50. The number of aliphatic carboxylic acids is 1. The fourth-order valence-electron chi connectivity index (χ4n) is 2.25. The second kappa shape index (κ2) is 4.09. The highest BCUT2D eigenvalue weighted by Crippen LogP contribution is 2.36. The van der Waals surface area contributed by atoms with Gasteiger partial charge < -0.3 is 10.2 Å². The summed E-state index contributed by atoms with van der Waals surface area (Å²) in [6.07, 6.45) is 3.37. The van der Waals surface area contributed by atoms with Gasteiger partial charge in [-0.05, 0) is 18.8 Å². The van der Waals surface area contributed by atoms with Crippen LogP contribution in [-0.2, 0) is 9.59 Å². The first-order valence-corrected chi connectivity index (χ1v) is 5.02. The lowest BCUT2D eigenvalue weighted by Gasteiger charge is -2.36. The Kier molecular flexibility index (Phi) is 3.26. The summed E-state index contributed by atoms with van der Waals surface area (Å²) in [4.78, 5) is 21.9. The number of hydrogen-bond acceptors (Lipinski definition) is 3. The molecular formula is C10H16O4. The van der Waals surface area contributed by atoms with Crippen LogP contribution in [0.25, 0.3) is 0 Å². The molecule has 4 nitrogen and oxygen atoms in total. The lowest BCUT2D eigenvalue weighted by atomic mass is 9.72. The van der Waals surface area contributed by atoms with Gasteiger partial charge in [-0.15, -0.1) is 0 Å². The number of carboxylic acid groups (broad SMARTS) is 1. The van der Waals surface area contributed by atoms with Gasteiger partial charge in [-0.3, -0.25) is 4.79 Å². The standard InChI is InChI=1S/C10H16O4/c1-2-7-5-3-4-6-10(7,14)8(11)9(12)13/h7,14H,2-6H2,1H3,(H,12,13)/t7-,10-/m0/s1. The summed E-state index contributed by atoms with van der Waals surface area (Å²) in [5.41, 5.74) is -1.61. The molecule has 0 aromatic heterocycles. The Bertz CT molecular complexity index is 249. The highest BCUT2D eigenvalue weighted by molar-refractivity contribution is 6.36. The highest BCUT2D eigenvalue weighted by Gasteiger charge is 2.47. The molecule has 0 amide bonds. The molecule has 0 saturated heterocycles. The van der Waals surface area contributed by atoms with Crippen LogP contribution >= 0.6 is 0 Å². The number of carbonyl (C=O) groups excluding carboxylic acids is 1. The first kappa shape index (κ1) is 11.2. The van der Waals surface area contributed by atoms with Gasteiger partial charge in [0.15, 0.2) is 0 Å². The minimum atomic E-state index is -1.61. The first-order chi connectivity index (χ1) is 6.52. The number of carbonyl (C=O) groups is 2. The SMILES string of the molecule is CC[C@H]1CCCC[C@@]1(O)C(=O)C(=O)O. The average Bonchev–Trinajstić information content (AvgIpc) is 2.17. The molecule has 0 spiro atoms. The van der Waals surface area contributed by atoms with Crippen molar-refractivity contribution in [3.8, 4) is 0 Å². The largest absolute Gasteiger partial charge is 0.475 e. The van der Waals surface area contributed by atoms with E-state index in [1.807, 2.05) is 6.92 Å². The number of Topliss-reactive ketones (excluding diaryl/α,β-unsaturated/α-hetero) is 1. The van der Waals surface area contributed by atoms with Crippen molar-refractivity contribution in [3.63, 3.8) is 0 Å². The summed E-state index contributed by atoms with van der Waals surface area (Å²) in [5.74, 6) is -2.75. The Balaban J connectivity index is 2.87. The fourth-order valence-corrected chi connectivity index (χ4v) is 2.25. The second-order valence-corrected chi connectivity index (χ2v) is 3.91. The van der Waals surface area contributed by atoms with Gasteiger partial charge in [-0.25, -0.2) is 4.79 Å². The summed E-state index contributed by atoms with van der Waals surface area (Å²) in [6.45, 7) is 1.87. The van der Waals surface area contributed by atoms with Crippen LogP contribution in [-0.4, -0.2) is 27.6 Å². The summed E-state index contributed by atoms with van der Waals surface area (Å²) >= 11 is 0. The Morgan fingerprint density at radius 3 is 2.57 bits per heavy atom. The molecule has 2 atom stereocenters.